The molecule has 0 atom stereocenters. The van der Waals surface area contributed by atoms with E-state index >= 15 is 0 Å². The summed E-state index contributed by atoms with van der Waals surface area (Å²) in [6, 6.07) is 5.90. The van der Waals surface area contributed by atoms with Crippen LogP contribution in [0.2, 0.25) is 0 Å². The van der Waals surface area contributed by atoms with Crippen LogP contribution in [0.5, 0.6) is 0 Å². The molecule has 0 radical (unpaired) electrons. The van der Waals surface area contributed by atoms with E-state index in [1.54, 1.807) is 0 Å². The van der Waals surface area contributed by atoms with Crippen LogP contribution in [0.1, 0.15) is 15.4 Å². The molecule has 1 aromatic heterocycles. The summed E-state index contributed by atoms with van der Waals surface area (Å²) in [5.41, 5.74) is 2.01. The minimum absolute atomic E-state index is 0.371. The van der Waals surface area contributed by atoms with Gasteiger partial charge in [0.05, 0.1) is 17.3 Å². The van der Waals surface area contributed by atoms with Crippen molar-refractivity contribution in [1.82, 2.24) is 4.98 Å². The number of thiazole rings is 1. The van der Waals surface area contributed by atoms with Gasteiger partial charge in [0.2, 0.25) is 5.01 Å². The van der Waals surface area contributed by atoms with Gasteiger partial charge in [0.1, 0.15) is 0 Å². The zero-order valence-electron chi connectivity index (χ0n) is 7.90. The van der Waals surface area contributed by atoms with Crippen molar-refractivity contribution in [2.75, 3.05) is 7.11 Å². The summed E-state index contributed by atoms with van der Waals surface area (Å²) in [5.74, 6) is -0.371. The van der Waals surface area contributed by atoms with Gasteiger partial charge in [-0.3, -0.25) is 0 Å². The second-order valence-electron chi connectivity index (χ2n) is 2.98. The standard InChI is InChI=1S/C10H9NO2S/c1-6-3-4-7-8(5-6)14-9(11-7)10(12)13-2/h3-5H,1-2H3. The molecule has 0 bridgehead atoms. The first-order chi connectivity index (χ1) is 6.70. The van der Waals surface area contributed by atoms with Crippen LogP contribution in [-0.4, -0.2) is 18.1 Å². The Balaban J connectivity index is 2.56. The Morgan fingerprint density at radius 2 is 2.29 bits per heavy atom. The number of hydrogen-bond donors (Lipinski definition) is 0. The van der Waals surface area contributed by atoms with Crippen LogP contribution >= 0.6 is 11.3 Å². The monoisotopic (exact) mass is 207 g/mol. The van der Waals surface area contributed by atoms with Crippen LogP contribution < -0.4 is 0 Å². The molecule has 0 amide bonds. The van der Waals surface area contributed by atoms with Gasteiger partial charge < -0.3 is 4.74 Å². The van der Waals surface area contributed by atoms with E-state index in [0.29, 0.717) is 5.01 Å². The number of hydrogen-bond acceptors (Lipinski definition) is 4. The summed E-state index contributed by atoms with van der Waals surface area (Å²) in [4.78, 5) is 15.4. The van der Waals surface area contributed by atoms with E-state index in [1.165, 1.54) is 18.4 Å². The largest absolute Gasteiger partial charge is 0.464 e. The lowest BCUT2D eigenvalue weighted by molar-refractivity contribution is 0.0600. The number of ether oxygens (including phenoxy) is 1. The van der Waals surface area contributed by atoms with Crippen LogP contribution in [0.3, 0.4) is 0 Å². The second-order valence-corrected chi connectivity index (χ2v) is 4.01. The van der Waals surface area contributed by atoms with Crippen molar-refractivity contribution >= 4 is 27.5 Å². The van der Waals surface area contributed by atoms with Crippen LogP contribution in [0, 0.1) is 6.92 Å². The molecule has 1 aromatic carbocycles. The molecule has 72 valence electrons. The molecule has 14 heavy (non-hydrogen) atoms. The van der Waals surface area contributed by atoms with Crippen LogP contribution in [0.4, 0.5) is 0 Å². The lowest BCUT2D eigenvalue weighted by Crippen LogP contribution is -1.99. The maximum atomic E-state index is 11.2. The topological polar surface area (TPSA) is 39.2 Å². The third kappa shape index (κ3) is 1.48. The molecule has 0 aliphatic rings. The van der Waals surface area contributed by atoms with Crippen molar-refractivity contribution in [2.24, 2.45) is 0 Å². The summed E-state index contributed by atoms with van der Waals surface area (Å²) >= 11 is 1.36. The van der Waals surface area contributed by atoms with Crippen molar-refractivity contribution in [3.8, 4) is 0 Å². The minimum atomic E-state index is -0.371. The molecule has 0 aliphatic carbocycles. The van der Waals surface area contributed by atoms with E-state index in [0.717, 1.165) is 15.8 Å². The zero-order chi connectivity index (χ0) is 10.1. The first-order valence-electron chi connectivity index (χ1n) is 4.16. The number of aromatic nitrogens is 1. The third-order valence-electron chi connectivity index (χ3n) is 1.90. The first-order valence-corrected chi connectivity index (χ1v) is 4.98. The zero-order valence-corrected chi connectivity index (χ0v) is 8.72. The average molecular weight is 207 g/mol. The van der Waals surface area contributed by atoms with Gasteiger partial charge in [0, 0.05) is 0 Å². The summed E-state index contributed by atoms with van der Waals surface area (Å²) in [7, 11) is 1.36. The Kier molecular flexibility index (Phi) is 2.21. The molecule has 1 heterocycles. The van der Waals surface area contributed by atoms with Crippen LogP contribution in [0.25, 0.3) is 10.2 Å². The van der Waals surface area contributed by atoms with Crippen LogP contribution in [0.15, 0.2) is 18.2 Å². The minimum Gasteiger partial charge on any atom is -0.464 e. The summed E-state index contributed by atoms with van der Waals surface area (Å²) < 4.78 is 5.62. The Bertz CT molecular complexity index is 490. The fourth-order valence-corrected chi connectivity index (χ4v) is 2.19. The van der Waals surface area contributed by atoms with E-state index < -0.39 is 0 Å². The number of aryl methyl sites for hydroxylation is 1. The molecule has 0 unspecified atom stereocenters. The lowest BCUT2D eigenvalue weighted by atomic mass is 10.2. The van der Waals surface area contributed by atoms with Crippen molar-refractivity contribution in [3.05, 3.63) is 28.8 Å². The Hall–Kier alpha value is -1.42. The van der Waals surface area contributed by atoms with Gasteiger partial charge in [0.25, 0.3) is 0 Å². The van der Waals surface area contributed by atoms with Gasteiger partial charge in [-0.1, -0.05) is 6.07 Å². The van der Waals surface area contributed by atoms with Gasteiger partial charge in [-0.05, 0) is 24.6 Å². The highest BCUT2D eigenvalue weighted by molar-refractivity contribution is 7.20. The summed E-state index contributed by atoms with van der Waals surface area (Å²) in [5, 5.41) is 0.410. The highest BCUT2D eigenvalue weighted by Crippen LogP contribution is 2.23. The smallest absolute Gasteiger partial charge is 0.367 e. The number of carbonyl (C=O) groups excluding carboxylic acids is 1. The number of fused-ring (bicyclic) bond motifs is 1. The fraction of sp³-hybridized carbons (Fsp3) is 0.200. The Morgan fingerprint density at radius 3 is 3.00 bits per heavy atom. The SMILES string of the molecule is COC(=O)c1nc2ccc(C)cc2s1. The van der Waals surface area contributed by atoms with Crippen molar-refractivity contribution in [2.45, 2.75) is 6.92 Å². The number of esters is 1. The summed E-state index contributed by atoms with van der Waals surface area (Å²) in [6.45, 7) is 2.01. The number of nitrogens with zero attached hydrogens (tertiary/aromatic N) is 1. The fourth-order valence-electron chi connectivity index (χ4n) is 1.21. The maximum absolute atomic E-state index is 11.2. The lowest BCUT2D eigenvalue weighted by Gasteiger charge is -1.89. The highest BCUT2D eigenvalue weighted by atomic mass is 32.1. The maximum Gasteiger partial charge on any atom is 0.367 e. The van der Waals surface area contributed by atoms with Crippen molar-refractivity contribution < 1.29 is 9.53 Å². The van der Waals surface area contributed by atoms with Crippen molar-refractivity contribution in [1.29, 1.82) is 0 Å². The number of carbonyl (C=O) groups is 1. The molecule has 0 fully saturated rings. The number of methoxy groups -OCH3 is 1. The van der Waals surface area contributed by atoms with E-state index in [4.69, 9.17) is 0 Å². The Labute approximate surface area is 85.3 Å². The number of rotatable bonds is 1. The normalized spacial score (nSPS) is 10.4. The van der Waals surface area contributed by atoms with Gasteiger partial charge in [-0.15, -0.1) is 11.3 Å². The molecule has 0 N–H and O–H groups in total. The van der Waals surface area contributed by atoms with E-state index in [2.05, 4.69) is 9.72 Å². The molecule has 3 nitrogen and oxygen atoms in total. The van der Waals surface area contributed by atoms with Crippen molar-refractivity contribution in [3.63, 3.8) is 0 Å². The Morgan fingerprint density at radius 1 is 1.50 bits per heavy atom. The first kappa shape index (κ1) is 9.15. The molecular formula is C10H9NO2S. The van der Waals surface area contributed by atoms with Gasteiger partial charge in [0.15, 0.2) is 0 Å². The molecule has 0 aliphatic heterocycles. The molecule has 0 saturated heterocycles. The molecule has 4 heteroatoms. The molecular weight excluding hydrogens is 198 g/mol. The predicted molar refractivity (Wildman–Crippen MR) is 55.7 cm³/mol. The predicted octanol–water partition coefficient (Wildman–Crippen LogP) is 2.39. The third-order valence-corrected chi connectivity index (χ3v) is 2.90. The molecule has 0 spiro atoms. The van der Waals surface area contributed by atoms with Crippen LogP contribution in [-0.2, 0) is 4.74 Å². The summed E-state index contributed by atoms with van der Waals surface area (Å²) in [6.07, 6.45) is 0. The number of benzene rings is 1. The van der Waals surface area contributed by atoms with E-state index in [9.17, 15) is 4.79 Å². The van der Waals surface area contributed by atoms with Gasteiger partial charge in [-0.2, -0.15) is 0 Å². The molecule has 2 rings (SSSR count). The van der Waals surface area contributed by atoms with Gasteiger partial charge in [-0.25, -0.2) is 9.78 Å². The van der Waals surface area contributed by atoms with E-state index in [-0.39, 0.29) is 5.97 Å². The van der Waals surface area contributed by atoms with Gasteiger partial charge >= 0.3 is 5.97 Å². The van der Waals surface area contributed by atoms with E-state index in [1.807, 2.05) is 25.1 Å². The quantitative estimate of drug-likeness (QED) is 0.674. The average Bonchev–Trinajstić information content (AvgIpc) is 2.59. The molecule has 2 aromatic rings. The second kappa shape index (κ2) is 3.38. The molecule has 0 saturated carbocycles. The highest BCUT2D eigenvalue weighted by Gasteiger charge is 2.11.